The van der Waals surface area contributed by atoms with Gasteiger partial charge < -0.3 is 17.3 Å². The van der Waals surface area contributed by atoms with Crippen molar-refractivity contribution < 1.29 is 17.3 Å². The quantitative estimate of drug-likeness (QED) is 0.288. The predicted octanol–water partition coefficient (Wildman–Crippen LogP) is -5.65. The summed E-state index contributed by atoms with van der Waals surface area (Å²) >= 11 is 5.20. The minimum Gasteiger partial charge on any atom is -1.00 e. The molecule has 0 aliphatic carbocycles. The first kappa shape index (κ1) is 16.0. The molecule has 0 aliphatic rings. The van der Waals surface area contributed by atoms with Crippen LogP contribution in [0.4, 0.5) is 0 Å². The highest BCUT2D eigenvalue weighted by atomic mass is 35.6. The fourth-order valence-electron chi connectivity index (χ4n) is 0. The van der Waals surface area contributed by atoms with Crippen molar-refractivity contribution >= 4 is 29.2 Å². The van der Waals surface area contributed by atoms with Gasteiger partial charge in [0.05, 0.1) is 21.1 Å². The molecule has 0 saturated carbocycles. The largest absolute Gasteiger partial charge is 1.00 e. The monoisotopic (exact) mass is 191 g/mol. The Kier molecular flexibility index (Phi) is 31.3. The molecule has 0 unspecified atom stereocenters. The first-order chi connectivity index (χ1) is 3.15. The lowest BCUT2D eigenvalue weighted by molar-refractivity contribution is -0.836. The Bertz CT molecular complexity index is 26.5. The SMILES string of the molecule is C[NH+](C)C.[Cl-].[SiH3][SiH2]Cl. The van der Waals surface area contributed by atoms with E-state index in [1.807, 2.05) is 0 Å². The van der Waals surface area contributed by atoms with E-state index in [0.29, 0.717) is 0 Å². The molecule has 0 bridgehead atoms. The standard InChI is InChI=1S/C3H9N.ClH5Si2.ClH/c1-4(2)3;1-3-2;/h1-3H3;3H2,2H3;1H. The van der Waals surface area contributed by atoms with Crippen molar-refractivity contribution in [2.75, 3.05) is 21.1 Å². The fraction of sp³-hybridized carbons (Fsp3) is 1.00. The molecule has 0 amide bonds. The minimum absolute atomic E-state index is 0. The molecule has 0 atom stereocenters. The van der Waals surface area contributed by atoms with Gasteiger partial charge in [0.25, 0.3) is 0 Å². The summed E-state index contributed by atoms with van der Waals surface area (Å²) in [4.78, 5) is 1.42. The van der Waals surface area contributed by atoms with Crippen LogP contribution in [0, 0.1) is 0 Å². The molecule has 0 aromatic heterocycles. The zero-order valence-electron chi connectivity index (χ0n) is 5.96. The molecule has 0 aromatic carbocycles. The smallest absolute Gasteiger partial charge is 0.106 e. The number of rotatable bonds is 0. The lowest BCUT2D eigenvalue weighted by atomic mass is 11.0. The van der Waals surface area contributed by atoms with E-state index in [0.717, 1.165) is 0 Å². The number of nitrogens with one attached hydrogen (secondary N) is 1. The van der Waals surface area contributed by atoms with Crippen molar-refractivity contribution in [2.24, 2.45) is 0 Å². The Morgan fingerprint density at radius 1 is 1.38 bits per heavy atom. The highest BCUT2D eigenvalue weighted by Gasteiger charge is 1.61. The second kappa shape index (κ2) is 15.7. The molecule has 1 N–H and O–H groups in total. The van der Waals surface area contributed by atoms with E-state index in [1.165, 1.54) is 14.7 Å². The molecule has 0 fully saturated rings. The summed E-state index contributed by atoms with van der Waals surface area (Å²) in [6.45, 7) is 0. The molecular weight excluding hydrogens is 177 g/mol. The van der Waals surface area contributed by atoms with E-state index in [4.69, 9.17) is 11.1 Å². The molecule has 0 aliphatic heterocycles. The van der Waals surface area contributed by atoms with E-state index in [9.17, 15) is 0 Å². The van der Waals surface area contributed by atoms with Crippen LogP contribution in [0.25, 0.3) is 0 Å². The van der Waals surface area contributed by atoms with Gasteiger partial charge in [-0.1, -0.05) is 0 Å². The summed E-state index contributed by atoms with van der Waals surface area (Å²) in [6.07, 6.45) is 0. The number of quaternary nitrogens is 1. The normalized spacial score (nSPS) is 8.62. The first-order valence-electron chi connectivity index (χ1n) is 2.47. The van der Waals surface area contributed by atoms with Crippen LogP contribution in [0.2, 0.25) is 0 Å². The summed E-state index contributed by atoms with van der Waals surface area (Å²) in [5.41, 5.74) is 0. The van der Waals surface area contributed by atoms with Crippen molar-refractivity contribution in [1.29, 1.82) is 0 Å². The second-order valence-electron chi connectivity index (χ2n) is 1.77. The van der Waals surface area contributed by atoms with Crippen LogP contribution in [-0.2, 0) is 0 Å². The van der Waals surface area contributed by atoms with Gasteiger partial charge in [0.2, 0.25) is 0 Å². The van der Waals surface area contributed by atoms with E-state index >= 15 is 0 Å². The number of hydrogen-bond donors (Lipinski definition) is 1. The minimum atomic E-state index is 0. The van der Waals surface area contributed by atoms with Gasteiger partial charge in [0.15, 0.2) is 0 Å². The Hall–Kier alpha value is 0.974. The Morgan fingerprint density at radius 2 is 1.38 bits per heavy atom. The summed E-state index contributed by atoms with van der Waals surface area (Å²) in [5, 5.41) is 0. The van der Waals surface area contributed by atoms with Crippen LogP contribution in [0.3, 0.4) is 0 Å². The van der Waals surface area contributed by atoms with Gasteiger partial charge in [-0.25, -0.2) is 0 Å². The lowest BCUT2D eigenvalue weighted by Gasteiger charge is -1.88. The van der Waals surface area contributed by atoms with Crippen molar-refractivity contribution in [3.8, 4) is 0 Å². The molecule has 1 nitrogen and oxygen atoms in total. The third-order valence-electron chi connectivity index (χ3n) is 0. The van der Waals surface area contributed by atoms with E-state index in [2.05, 4.69) is 21.1 Å². The second-order valence-corrected chi connectivity index (χ2v) is 8.72. The molecule has 0 spiro atoms. The van der Waals surface area contributed by atoms with E-state index in [-0.39, 0.29) is 20.8 Å². The Labute approximate surface area is 67.9 Å². The van der Waals surface area contributed by atoms with Gasteiger partial charge in [-0.15, -0.1) is 0 Å². The summed E-state index contributed by atoms with van der Waals surface area (Å²) in [6, 6.07) is 0. The molecule has 0 aromatic rings. The van der Waals surface area contributed by atoms with Crippen molar-refractivity contribution in [2.45, 2.75) is 0 Å². The molecule has 8 heavy (non-hydrogen) atoms. The molecule has 0 radical (unpaired) electrons. The van der Waals surface area contributed by atoms with Crippen LogP contribution in [0.5, 0.6) is 0 Å². The van der Waals surface area contributed by atoms with Gasteiger partial charge in [-0.05, 0) is 0 Å². The summed E-state index contributed by atoms with van der Waals surface area (Å²) in [5.74, 6) is 0. The molecule has 0 saturated heterocycles. The maximum Gasteiger partial charge on any atom is 0.106 e. The highest BCUT2D eigenvalue weighted by molar-refractivity contribution is 7.19. The predicted molar refractivity (Wildman–Crippen MR) is 43.1 cm³/mol. The molecule has 0 rings (SSSR count). The van der Waals surface area contributed by atoms with Crippen LogP contribution in [0.1, 0.15) is 0 Å². The van der Waals surface area contributed by atoms with Gasteiger partial charge in [-0.2, -0.15) is 11.1 Å². The molecule has 54 valence electrons. The van der Waals surface area contributed by atoms with Gasteiger partial charge >= 0.3 is 0 Å². The Morgan fingerprint density at radius 3 is 1.38 bits per heavy atom. The maximum absolute atomic E-state index is 5.20. The fourth-order valence-corrected chi connectivity index (χ4v) is 0. The zero-order chi connectivity index (χ0) is 6.28. The molecule has 5 heteroatoms. The highest BCUT2D eigenvalue weighted by Crippen LogP contribution is 1.46. The maximum atomic E-state index is 5.20. The van der Waals surface area contributed by atoms with Gasteiger partial charge in [0, 0.05) is 9.76 Å². The summed E-state index contributed by atoms with van der Waals surface area (Å²) < 4.78 is 0. The van der Waals surface area contributed by atoms with Crippen molar-refractivity contribution in [3.05, 3.63) is 0 Å². The van der Waals surface area contributed by atoms with Crippen molar-refractivity contribution in [3.63, 3.8) is 0 Å². The van der Waals surface area contributed by atoms with Crippen molar-refractivity contribution in [1.82, 2.24) is 0 Å². The van der Waals surface area contributed by atoms with E-state index in [1.54, 1.807) is 0 Å². The average Bonchev–Trinajstić information content (AvgIpc) is 1.33. The number of halogens is 2. The lowest BCUT2D eigenvalue weighted by Crippen LogP contribution is -3.02. The molecular formula is C3H15Cl2NSi2. The third kappa shape index (κ3) is 262. The van der Waals surface area contributed by atoms with Crippen LogP contribution < -0.4 is 17.3 Å². The Balaban J connectivity index is -0.0000000575. The first-order valence-corrected chi connectivity index (χ1v) is 10.3. The zero-order valence-corrected chi connectivity index (χ0v) is 10.9. The topological polar surface area (TPSA) is 4.44 Å². The average molecular weight is 192 g/mol. The van der Waals surface area contributed by atoms with Crippen LogP contribution in [-0.4, -0.2) is 39.2 Å². The van der Waals surface area contributed by atoms with Crippen LogP contribution >= 0.6 is 11.1 Å². The third-order valence-corrected chi connectivity index (χ3v) is 0. The van der Waals surface area contributed by atoms with Crippen LogP contribution in [0.15, 0.2) is 0 Å². The van der Waals surface area contributed by atoms with Gasteiger partial charge in [0.1, 0.15) is 8.35 Å². The van der Waals surface area contributed by atoms with Gasteiger partial charge in [-0.3, -0.25) is 0 Å². The summed E-state index contributed by atoms with van der Waals surface area (Å²) in [7, 11) is 7.55. The molecule has 0 heterocycles. The van der Waals surface area contributed by atoms with E-state index < -0.39 is 0 Å². The number of hydrogen-bond acceptors (Lipinski definition) is 0.